The lowest BCUT2D eigenvalue weighted by molar-refractivity contribution is 0.0770. The number of hydrogen-bond donors (Lipinski definition) is 2. The van der Waals surface area contributed by atoms with Crippen LogP contribution in [0.5, 0.6) is 0 Å². The van der Waals surface area contributed by atoms with Crippen LogP contribution >= 0.6 is 0 Å². The lowest BCUT2D eigenvalue weighted by Gasteiger charge is -2.09. The van der Waals surface area contributed by atoms with Crippen molar-refractivity contribution in [3.8, 4) is 0 Å². The van der Waals surface area contributed by atoms with Crippen LogP contribution in [-0.2, 0) is 11.3 Å². The fourth-order valence-corrected chi connectivity index (χ4v) is 1.09. The van der Waals surface area contributed by atoms with E-state index >= 15 is 0 Å². The van der Waals surface area contributed by atoms with Crippen LogP contribution in [0.25, 0.3) is 0 Å². The molecule has 5 nitrogen and oxygen atoms in total. The first-order chi connectivity index (χ1) is 5.36. The van der Waals surface area contributed by atoms with Gasteiger partial charge in [0.25, 0.3) is 0 Å². The quantitative estimate of drug-likeness (QED) is 0.532. The van der Waals surface area contributed by atoms with E-state index in [0.717, 1.165) is 12.4 Å². The molecule has 0 aromatic carbocycles. The van der Waals surface area contributed by atoms with Crippen molar-refractivity contribution in [2.75, 3.05) is 11.9 Å². The maximum atomic E-state index is 5.53. The first-order valence-electron chi connectivity index (χ1n) is 3.52. The van der Waals surface area contributed by atoms with Gasteiger partial charge in [0.1, 0.15) is 5.82 Å². The van der Waals surface area contributed by atoms with Crippen LogP contribution in [0.2, 0.25) is 0 Å². The van der Waals surface area contributed by atoms with Gasteiger partial charge in [-0.05, 0) is 0 Å². The number of nitrogens with two attached hydrogens (primary N) is 1. The summed E-state index contributed by atoms with van der Waals surface area (Å²) in [5.74, 6) is 0.912. The molecular weight excluding hydrogens is 144 g/mol. The van der Waals surface area contributed by atoms with Gasteiger partial charge in [0.15, 0.2) is 6.35 Å². The van der Waals surface area contributed by atoms with Crippen molar-refractivity contribution in [3.63, 3.8) is 0 Å². The Kier molecular flexibility index (Phi) is 1.52. The molecular formula is C6H10N4O. The Morgan fingerprint density at radius 2 is 2.73 bits per heavy atom. The zero-order valence-corrected chi connectivity index (χ0v) is 6.03. The molecule has 1 aromatic rings. The topological polar surface area (TPSA) is 65.1 Å². The molecule has 0 saturated heterocycles. The molecule has 0 bridgehead atoms. The van der Waals surface area contributed by atoms with Gasteiger partial charge in [0.05, 0.1) is 19.3 Å². The molecule has 0 spiro atoms. The summed E-state index contributed by atoms with van der Waals surface area (Å²) in [5.41, 5.74) is 5.53. The van der Waals surface area contributed by atoms with Gasteiger partial charge >= 0.3 is 0 Å². The Bertz CT molecular complexity index is 246. The Balaban J connectivity index is 2.26. The maximum Gasteiger partial charge on any atom is 0.182 e. The van der Waals surface area contributed by atoms with Crippen LogP contribution in [-0.4, -0.2) is 22.7 Å². The highest BCUT2D eigenvalue weighted by atomic mass is 16.5. The number of ether oxygens (including phenoxy) is 1. The number of anilines is 1. The Hall–Kier alpha value is -1.07. The summed E-state index contributed by atoms with van der Waals surface area (Å²) < 4.78 is 6.98. The van der Waals surface area contributed by atoms with E-state index < -0.39 is 6.35 Å². The smallest absolute Gasteiger partial charge is 0.182 e. The molecule has 11 heavy (non-hydrogen) atoms. The molecule has 1 aromatic heterocycles. The minimum absolute atomic E-state index is 0.409. The molecule has 1 aliphatic heterocycles. The van der Waals surface area contributed by atoms with E-state index in [-0.39, 0.29) is 0 Å². The van der Waals surface area contributed by atoms with E-state index in [9.17, 15) is 0 Å². The van der Waals surface area contributed by atoms with Gasteiger partial charge in [-0.3, -0.25) is 5.73 Å². The molecule has 1 atom stereocenters. The molecule has 2 heterocycles. The Morgan fingerprint density at radius 3 is 3.64 bits per heavy atom. The third kappa shape index (κ3) is 1.20. The highest BCUT2D eigenvalue weighted by Gasteiger charge is 2.11. The summed E-state index contributed by atoms with van der Waals surface area (Å²) in [5, 5.41) is 7.03. The van der Waals surface area contributed by atoms with E-state index in [4.69, 9.17) is 10.5 Å². The fourth-order valence-electron chi connectivity index (χ4n) is 1.09. The molecule has 0 fully saturated rings. The predicted octanol–water partition coefficient (Wildman–Crippen LogP) is -0.433. The molecule has 0 amide bonds. The van der Waals surface area contributed by atoms with Gasteiger partial charge in [0.2, 0.25) is 0 Å². The number of fused-ring (bicyclic) bond motifs is 1. The fraction of sp³-hybridized carbons (Fsp3) is 0.500. The van der Waals surface area contributed by atoms with Crippen molar-refractivity contribution < 1.29 is 4.74 Å². The average molecular weight is 154 g/mol. The third-order valence-corrected chi connectivity index (χ3v) is 1.61. The molecule has 60 valence electrons. The second kappa shape index (κ2) is 2.52. The number of hydrogen-bond acceptors (Lipinski definition) is 4. The normalized spacial score (nSPS) is 23.5. The van der Waals surface area contributed by atoms with Crippen LogP contribution in [0.4, 0.5) is 5.82 Å². The van der Waals surface area contributed by atoms with E-state index in [1.54, 1.807) is 6.20 Å². The minimum atomic E-state index is -0.409. The van der Waals surface area contributed by atoms with Crippen LogP contribution in [0, 0.1) is 0 Å². The van der Waals surface area contributed by atoms with E-state index in [1.807, 2.05) is 10.7 Å². The van der Waals surface area contributed by atoms with Gasteiger partial charge in [-0.2, -0.15) is 5.10 Å². The largest absolute Gasteiger partial charge is 0.343 e. The zero-order chi connectivity index (χ0) is 7.68. The predicted molar refractivity (Wildman–Crippen MR) is 39.8 cm³/mol. The third-order valence-electron chi connectivity index (χ3n) is 1.61. The highest BCUT2D eigenvalue weighted by Crippen LogP contribution is 2.09. The lowest BCUT2D eigenvalue weighted by atomic mass is 10.6. The summed E-state index contributed by atoms with van der Waals surface area (Å²) >= 11 is 0. The van der Waals surface area contributed by atoms with Crippen LogP contribution in [0.15, 0.2) is 12.3 Å². The van der Waals surface area contributed by atoms with Crippen LogP contribution < -0.4 is 11.1 Å². The summed E-state index contributed by atoms with van der Waals surface area (Å²) in [4.78, 5) is 0. The molecule has 1 aliphatic rings. The van der Waals surface area contributed by atoms with Crippen molar-refractivity contribution >= 4 is 5.82 Å². The number of aromatic nitrogens is 2. The summed E-state index contributed by atoms with van der Waals surface area (Å²) in [6, 6.07) is 1.87. The van der Waals surface area contributed by atoms with Crippen molar-refractivity contribution in [2.45, 2.75) is 12.9 Å². The monoisotopic (exact) mass is 154 g/mol. The summed E-state index contributed by atoms with van der Waals surface area (Å²) in [7, 11) is 0. The van der Waals surface area contributed by atoms with Gasteiger partial charge in [-0.1, -0.05) is 0 Å². The van der Waals surface area contributed by atoms with Crippen molar-refractivity contribution in [2.24, 2.45) is 5.73 Å². The lowest BCUT2D eigenvalue weighted by Crippen LogP contribution is -2.31. The summed E-state index contributed by atoms with van der Waals surface area (Å²) in [6.07, 6.45) is 1.33. The minimum Gasteiger partial charge on any atom is -0.343 e. The SMILES string of the molecule is NC1Nc2ccnn2CCO1. The van der Waals surface area contributed by atoms with E-state index in [2.05, 4.69) is 10.4 Å². The van der Waals surface area contributed by atoms with Crippen molar-refractivity contribution in [1.29, 1.82) is 0 Å². The average Bonchev–Trinajstić information content (AvgIpc) is 2.31. The van der Waals surface area contributed by atoms with Crippen molar-refractivity contribution in [3.05, 3.63) is 12.3 Å². The van der Waals surface area contributed by atoms with Crippen LogP contribution in [0.1, 0.15) is 0 Å². The van der Waals surface area contributed by atoms with Gasteiger partial charge < -0.3 is 10.1 Å². The van der Waals surface area contributed by atoms with E-state index in [1.165, 1.54) is 0 Å². The second-order valence-corrected chi connectivity index (χ2v) is 2.38. The number of nitrogens with zero attached hydrogens (tertiary/aromatic N) is 2. The molecule has 3 N–H and O–H groups in total. The maximum absolute atomic E-state index is 5.53. The number of rotatable bonds is 0. The first-order valence-corrected chi connectivity index (χ1v) is 3.52. The van der Waals surface area contributed by atoms with Gasteiger partial charge in [-0.25, -0.2) is 4.68 Å². The molecule has 0 radical (unpaired) electrons. The van der Waals surface area contributed by atoms with Gasteiger partial charge in [0, 0.05) is 6.07 Å². The summed E-state index contributed by atoms with van der Waals surface area (Å²) in [6.45, 7) is 1.35. The Morgan fingerprint density at radius 1 is 1.82 bits per heavy atom. The highest BCUT2D eigenvalue weighted by molar-refractivity contribution is 5.34. The molecule has 5 heteroatoms. The number of nitrogens with one attached hydrogen (secondary N) is 1. The first kappa shape index (κ1) is 6.63. The second-order valence-electron chi connectivity index (χ2n) is 2.38. The molecule has 2 rings (SSSR count). The standard InChI is InChI=1S/C6H10N4O/c7-6-9-5-1-2-8-10(5)3-4-11-6/h1-2,6,9H,3-4,7H2. The molecule has 0 aliphatic carbocycles. The van der Waals surface area contributed by atoms with Crippen molar-refractivity contribution in [1.82, 2.24) is 9.78 Å². The molecule has 0 saturated carbocycles. The Labute approximate surface area is 64.1 Å². The molecule has 1 unspecified atom stereocenters. The van der Waals surface area contributed by atoms with Crippen LogP contribution in [0.3, 0.4) is 0 Å². The zero-order valence-electron chi connectivity index (χ0n) is 6.03. The van der Waals surface area contributed by atoms with E-state index in [0.29, 0.717) is 6.61 Å². The van der Waals surface area contributed by atoms with Gasteiger partial charge in [-0.15, -0.1) is 0 Å².